The Morgan fingerprint density at radius 2 is 1.75 bits per heavy atom. The van der Waals surface area contributed by atoms with E-state index in [1.54, 1.807) is 18.2 Å². The second-order valence-electron chi connectivity index (χ2n) is 5.28. The number of halogens is 2. The maximum absolute atomic E-state index is 12.0. The molecule has 0 atom stereocenters. The largest absolute Gasteiger partial charge is 0.352 e. The fourth-order valence-corrected chi connectivity index (χ4v) is 2.51. The molecule has 2 aromatic carbocycles. The van der Waals surface area contributed by atoms with Crippen LogP contribution in [0.1, 0.15) is 18.9 Å². The number of hydrogen-bond acceptors (Lipinski definition) is 2. The third kappa shape index (κ3) is 5.25. The molecular formula is C18H18Cl2N2O2. The molecule has 0 fully saturated rings. The van der Waals surface area contributed by atoms with E-state index >= 15 is 0 Å². The van der Waals surface area contributed by atoms with Gasteiger partial charge in [-0.2, -0.15) is 0 Å². The van der Waals surface area contributed by atoms with Crippen molar-refractivity contribution in [2.24, 2.45) is 0 Å². The molecule has 24 heavy (non-hydrogen) atoms. The Morgan fingerprint density at radius 1 is 1.04 bits per heavy atom. The monoisotopic (exact) mass is 364 g/mol. The van der Waals surface area contributed by atoms with Crippen molar-refractivity contribution in [3.63, 3.8) is 0 Å². The van der Waals surface area contributed by atoms with Gasteiger partial charge in [0.15, 0.2) is 0 Å². The maximum Gasteiger partial charge on any atom is 0.223 e. The molecule has 2 rings (SSSR count). The first kappa shape index (κ1) is 18.3. The van der Waals surface area contributed by atoms with E-state index < -0.39 is 0 Å². The molecule has 0 aliphatic carbocycles. The highest BCUT2D eigenvalue weighted by atomic mass is 35.5. The van der Waals surface area contributed by atoms with Gasteiger partial charge in [0.2, 0.25) is 11.8 Å². The van der Waals surface area contributed by atoms with Crippen molar-refractivity contribution in [1.29, 1.82) is 0 Å². The predicted molar refractivity (Wildman–Crippen MR) is 97.4 cm³/mol. The summed E-state index contributed by atoms with van der Waals surface area (Å²) in [6.45, 7) is 2.19. The molecule has 126 valence electrons. The summed E-state index contributed by atoms with van der Waals surface area (Å²) in [4.78, 5) is 25.4. The summed E-state index contributed by atoms with van der Waals surface area (Å²) in [7, 11) is 0. The first-order valence-corrected chi connectivity index (χ1v) is 8.26. The van der Waals surface area contributed by atoms with Crippen LogP contribution in [0.2, 0.25) is 10.0 Å². The number of amides is 2. The van der Waals surface area contributed by atoms with Gasteiger partial charge < -0.3 is 10.2 Å². The Bertz CT molecular complexity index is 720. The molecule has 0 aliphatic rings. The minimum Gasteiger partial charge on any atom is -0.352 e. The van der Waals surface area contributed by atoms with Crippen molar-refractivity contribution >= 4 is 40.7 Å². The van der Waals surface area contributed by atoms with E-state index in [0.29, 0.717) is 22.3 Å². The van der Waals surface area contributed by atoms with Crippen molar-refractivity contribution in [2.45, 2.75) is 19.9 Å². The molecule has 1 N–H and O–H groups in total. The number of hydrogen-bond donors (Lipinski definition) is 1. The Hall–Kier alpha value is -2.04. The van der Waals surface area contributed by atoms with Crippen molar-refractivity contribution in [1.82, 2.24) is 5.32 Å². The first-order chi connectivity index (χ1) is 11.5. The molecular weight excluding hydrogens is 347 g/mol. The summed E-state index contributed by atoms with van der Waals surface area (Å²) in [5, 5.41) is 3.63. The van der Waals surface area contributed by atoms with Gasteiger partial charge in [-0.1, -0.05) is 53.5 Å². The normalized spacial score (nSPS) is 10.3. The number of anilines is 1. The summed E-state index contributed by atoms with van der Waals surface area (Å²) < 4.78 is 0. The molecule has 0 saturated heterocycles. The highest BCUT2D eigenvalue weighted by Gasteiger charge is 2.14. The number of nitrogens with zero attached hydrogens (tertiary/aromatic N) is 1. The molecule has 0 spiro atoms. The van der Waals surface area contributed by atoms with Gasteiger partial charge in [0.25, 0.3) is 0 Å². The van der Waals surface area contributed by atoms with Gasteiger partial charge in [0.1, 0.15) is 0 Å². The second kappa shape index (κ2) is 8.71. The third-order valence-corrected chi connectivity index (χ3v) is 4.23. The Morgan fingerprint density at radius 3 is 2.38 bits per heavy atom. The van der Waals surface area contributed by atoms with E-state index in [9.17, 15) is 9.59 Å². The van der Waals surface area contributed by atoms with Gasteiger partial charge in [-0.15, -0.1) is 0 Å². The number of benzene rings is 2. The van der Waals surface area contributed by atoms with E-state index in [1.165, 1.54) is 11.8 Å². The highest BCUT2D eigenvalue weighted by molar-refractivity contribution is 6.42. The predicted octanol–water partition coefficient (Wildman–Crippen LogP) is 4.05. The molecule has 0 heterocycles. The average molecular weight is 365 g/mol. The minimum absolute atomic E-state index is 0.120. The molecule has 0 aromatic heterocycles. The van der Waals surface area contributed by atoms with Crippen LogP contribution >= 0.6 is 23.2 Å². The van der Waals surface area contributed by atoms with Gasteiger partial charge >= 0.3 is 0 Å². The molecule has 0 bridgehead atoms. The molecule has 2 aromatic rings. The zero-order valence-electron chi connectivity index (χ0n) is 13.3. The van der Waals surface area contributed by atoms with Crippen LogP contribution in [-0.2, 0) is 16.1 Å². The lowest BCUT2D eigenvalue weighted by Crippen LogP contribution is -2.33. The lowest BCUT2D eigenvalue weighted by molar-refractivity contribution is -0.121. The van der Waals surface area contributed by atoms with Crippen LogP contribution in [0.15, 0.2) is 48.5 Å². The maximum atomic E-state index is 12.0. The molecule has 0 saturated carbocycles. The average Bonchev–Trinajstić information content (AvgIpc) is 2.57. The zero-order valence-corrected chi connectivity index (χ0v) is 14.8. The van der Waals surface area contributed by atoms with Crippen molar-refractivity contribution < 1.29 is 9.59 Å². The van der Waals surface area contributed by atoms with E-state index in [4.69, 9.17) is 23.2 Å². The Kier molecular flexibility index (Phi) is 6.64. The van der Waals surface area contributed by atoms with E-state index in [1.807, 2.05) is 30.3 Å². The highest BCUT2D eigenvalue weighted by Crippen LogP contribution is 2.27. The topological polar surface area (TPSA) is 49.4 Å². The third-order valence-electron chi connectivity index (χ3n) is 3.49. The molecule has 0 unspecified atom stereocenters. The van der Waals surface area contributed by atoms with Crippen LogP contribution in [0.4, 0.5) is 5.69 Å². The lowest BCUT2D eigenvalue weighted by Gasteiger charge is -2.21. The Balaban J connectivity index is 1.92. The van der Waals surface area contributed by atoms with Crippen LogP contribution in [-0.4, -0.2) is 18.4 Å². The van der Waals surface area contributed by atoms with Crippen molar-refractivity contribution in [3.05, 3.63) is 64.1 Å². The fraction of sp³-hybridized carbons (Fsp3) is 0.222. The smallest absolute Gasteiger partial charge is 0.223 e. The summed E-state index contributed by atoms with van der Waals surface area (Å²) >= 11 is 11.9. The quantitative estimate of drug-likeness (QED) is 0.840. The van der Waals surface area contributed by atoms with Gasteiger partial charge in [-0.05, 0) is 23.8 Å². The van der Waals surface area contributed by atoms with Crippen molar-refractivity contribution in [3.8, 4) is 0 Å². The SMILES string of the molecule is CC(=O)N(CCC(=O)NCc1ccccc1)c1ccc(Cl)c(Cl)c1. The summed E-state index contributed by atoms with van der Waals surface area (Å²) in [6, 6.07) is 14.6. The molecule has 2 amide bonds. The standard InChI is InChI=1S/C18H18Cl2N2O2/c1-13(23)22(15-7-8-16(19)17(20)11-15)10-9-18(24)21-12-14-5-3-2-4-6-14/h2-8,11H,9-10,12H2,1H3,(H,21,24). The van der Waals surface area contributed by atoms with Crippen LogP contribution in [0.3, 0.4) is 0 Å². The molecule has 0 radical (unpaired) electrons. The van der Waals surface area contributed by atoms with Gasteiger partial charge in [-0.25, -0.2) is 0 Å². The molecule has 0 aliphatic heterocycles. The summed E-state index contributed by atoms with van der Waals surface area (Å²) in [6.07, 6.45) is 0.201. The van der Waals surface area contributed by atoms with E-state index in [2.05, 4.69) is 5.32 Å². The van der Waals surface area contributed by atoms with Crippen LogP contribution < -0.4 is 10.2 Å². The van der Waals surface area contributed by atoms with E-state index in [0.717, 1.165) is 5.56 Å². The number of nitrogens with one attached hydrogen (secondary N) is 1. The number of carbonyl (C=O) groups is 2. The van der Waals surface area contributed by atoms with Gasteiger partial charge in [0.05, 0.1) is 10.0 Å². The van der Waals surface area contributed by atoms with Crippen LogP contribution in [0.25, 0.3) is 0 Å². The number of carbonyl (C=O) groups excluding carboxylic acids is 2. The van der Waals surface area contributed by atoms with E-state index in [-0.39, 0.29) is 24.8 Å². The fourth-order valence-electron chi connectivity index (χ4n) is 2.22. The van der Waals surface area contributed by atoms with Crippen LogP contribution in [0.5, 0.6) is 0 Å². The summed E-state index contributed by atoms with van der Waals surface area (Å²) in [5.41, 5.74) is 1.64. The molecule has 4 nitrogen and oxygen atoms in total. The van der Waals surface area contributed by atoms with Crippen LogP contribution in [0, 0.1) is 0 Å². The summed E-state index contributed by atoms with van der Waals surface area (Å²) in [5.74, 6) is -0.283. The minimum atomic E-state index is -0.163. The Labute approximate surface area is 151 Å². The molecule has 6 heteroatoms. The van der Waals surface area contributed by atoms with Gasteiger partial charge in [0, 0.05) is 32.1 Å². The number of rotatable bonds is 6. The lowest BCUT2D eigenvalue weighted by atomic mass is 10.2. The van der Waals surface area contributed by atoms with Gasteiger partial charge in [-0.3, -0.25) is 9.59 Å². The van der Waals surface area contributed by atoms with Crippen molar-refractivity contribution in [2.75, 3.05) is 11.4 Å². The zero-order chi connectivity index (χ0) is 17.5. The first-order valence-electron chi connectivity index (χ1n) is 7.51. The second-order valence-corrected chi connectivity index (χ2v) is 6.10.